The van der Waals surface area contributed by atoms with Gasteiger partial charge in [-0.25, -0.2) is 13.1 Å². The summed E-state index contributed by atoms with van der Waals surface area (Å²) in [7, 11) is -3.51. The fraction of sp³-hybridized carbons (Fsp3) is 0.300. The Morgan fingerprint density at radius 1 is 1.13 bits per heavy atom. The minimum absolute atomic E-state index is 0.239. The fourth-order valence-corrected chi connectivity index (χ4v) is 4.53. The molecule has 1 N–H and O–H groups in total. The fourth-order valence-electron chi connectivity index (χ4n) is 3.07. The summed E-state index contributed by atoms with van der Waals surface area (Å²) in [4.78, 5) is 12.9. The maximum absolute atomic E-state index is 12.7. The lowest BCUT2D eigenvalue weighted by Crippen LogP contribution is -2.30. The van der Waals surface area contributed by atoms with E-state index in [1.807, 2.05) is 6.92 Å². The highest BCUT2D eigenvalue weighted by molar-refractivity contribution is 7.89. The molecule has 1 atom stereocenters. The zero-order valence-corrected chi connectivity index (χ0v) is 17.9. The highest BCUT2D eigenvalue weighted by atomic mass is 32.2. The average molecular weight is 429 g/mol. The molecule has 1 aromatic heterocycles. The van der Waals surface area contributed by atoms with E-state index in [-0.39, 0.29) is 16.8 Å². The van der Waals surface area contributed by atoms with Crippen LogP contribution < -0.4 is 5.32 Å². The molecule has 30 heavy (non-hydrogen) atoms. The van der Waals surface area contributed by atoms with Crippen LogP contribution in [0.1, 0.15) is 42.7 Å². The molecule has 0 fully saturated rings. The van der Waals surface area contributed by atoms with Crippen molar-refractivity contribution in [2.24, 2.45) is 0 Å². The van der Waals surface area contributed by atoms with E-state index in [0.717, 1.165) is 5.56 Å². The van der Waals surface area contributed by atoms with Gasteiger partial charge in [-0.15, -0.1) is 5.10 Å². The van der Waals surface area contributed by atoms with E-state index in [9.17, 15) is 13.2 Å². The van der Waals surface area contributed by atoms with Crippen LogP contribution in [0, 0.1) is 0 Å². The number of amides is 1. The van der Waals surface area contributed by atoms with Crippen LogP contribution in [0.25, 0.3) is 5.69 Å². The van der Waals surface area contributed by atoms with Crippen molar-refractivity contribution in [1.82, 2.24) is 29.8 Å². The van der Waals surface area contributed by atoms with E-state index >= 15 is 0 Å². The van der Waals surface area contributed by atoms with Crippen molar-refractivity contribution in [3.8, 4) is 5.69 Å². The van der Waals surface area contributed by atoms with Gasteiger partial charge in [-0.3, -0.25) is 4.79 Å². The van der Waals surface area contributed by atoms with Gasteiger partial charge in [0.15, 0.2) is 0 Å². The standard InChI is InChI=1S/C20H24N6O3S/c1-4-25(5-2)30(28,29)19-11-9-16(10-12-19)15(3)22-20(27)17-7-6-8-18(13-17)26-14-21-23-24-26/h6-15H,4-5H2,1-3H3,(H,22,27)/t15-/m1/s1. The molecule has 9 nitrogen and oxygen atoms in total. The number of carbonyl (C=O) groups excluding carboxylic acids is 1. The Balaban J connectivity index is 1.73. The first-order valence-electron chi connectivity index (χ1n) is 9.61. The van der Waals surface area contributed by atoms with Gasteiger partial charge in [0.2, 0.25) is 10.0 Å². The SMILES string of the molecule is CCN(CC)S(=O)(=O)c1ccc([C@@H](C)NC(=O)c2cccc(-n3cnnn3)c2)cc1. The number of benzene rings is 2. The Morgan fingerprint density at radius 3 is 2.43 bits per heavy atom. The lowest BCUT2D eigenvalue weighted by molar-refractivity contribution is 0.0940. The molecule has 0 spiro atoms. The molecule has 10 heteroatoms. The van der Waals surface area contributed by atoms with Crippen LogP contribution in [0.2, 0.25) is 0 Å². The van der Waals surface area contributed by atoms with Crippen molar-refractivity contribution in [2.45, 2.75) is 31.7 Å². The summed E-state index contributed by atoms with van der Waals surface area (Å²) in [6, 6.07) is 13.2. The quantitative estimate of drug-likeness (QED) is 0.589. The second-order valence-electron chi connectivity index (χ2n) is 6.66. The van der Waals surface area contributed by atoms with E-state index in [4.69, 9.17) is 0 Å². The number of hydrogen-bond donors (Lipinski definition) is 1. The molecule has 0 saturated carbocycles. The monoisotopic (exact) mass is 428 g/mol. The molecule has 0 saturated heterocycles. The summed E-state index contributed by atoms with van der Waals surface area (Å²) in [5.74, 6) is -0.253. The van der Waals surface area contributed by atoms with Gasteiger partial charge in [-0.2, -0.15) is 4.31 Å². The van der Waals surface area contributed by atoms with E-state index in [1.54, 1.807) is 62.4 Å². The largest absolute Gasteiger partial charge is 0.346 e. The summed E-state index contributed by atoms with van der Waals surface area (Å²) in [5.41, 5.74) is 1.94. The number of hydrogen-bond acceptors (Lipinski definition) is 6. The number of nitrogens with one attached hydrogen (secondary N) is 1. The number of rotatable bonds is 8. The van der Waals surface area contributed by atoms with Gasteiger partial charge in [-0.1, -0.05) is 32.0 Å². The summed E-state index contributed by atoms with van der Waals surface area (Å²) in [6.45, 7) is 6.29. The molecule has 3 aromatic rings. The minimum atomic E-state index is -3.51. The van der Waals surface area contributed by atoms with Crippen molar-refractivity contribution < 1.29 is 13.2 Å². The molecule has 0 aliphatic rings. The molecule has 0 unspecified atom stereocenters. The maximum atomic E-state index is 12.7. The predicted octanol–water partition coefficient (Wildman–Crippen LogP) is 2.18. The first-order valence-corrected chi connectivity index (χ1v) is 11.0. The number of carbonyl (C=O) groups is 1. The first-order chi connectivity index (χ1) is 14.4. The first kappa shape index (κ1) is 21.6. The van der Waals surface area contributed by atoms with Gasteiger partial charge in [0.25, 0.3) is 5.91 Å². The number of sulfonamides is 1. The zero-order chi connectivity index (χ0) is 21.7. The molecule has 1 heterocycles. The second-order valence-corrected chi connectivity index (χ2v) is 8.60. The summed E-state index contributed by atoms with van der Waals surface area (Å²) < 4.78 is 28.1. The van der Waals surface area contributed by atoms with Crippen molar-refractivity contribution in [3.05, 3.63) is 66.0 Å². The Kier molecular flexibility index (Phi) is 6.58. The van der Waals surface area contributed by atoms with Crippen molar-refractivity contribution >= 4 is 15.9 Å². The molecule has 1 amide bonds. The van der Waals surface area contributed by atoms with E-state index in [1.165, 1.54) is 15.3 Å². The van der Waals surface area contributed by atoms with Gasteiger partial charge in [-0.05, 0) is 53.2 Å². The topological polar surface area (TPSA) is 110 Å². The van der Waals surface area contributed by atoms with Crippen LogP contribution in [0.5, 0.6) is 0 Å². The third-order valence-electron chi connectivity index (χ3n) is 4.79. The molecule has 2 aromatic carbocycles. The Labute approximate surface area is 175 Å². The summed E-state index contributed by atoms with van der Waals surface area (Å²) in [5, 5.41) is 13.9. The van der Waals surface area contributed by atoms with E-state index in [2.05, 4.69) is 20.8 Å². The number of nitrogens with zero attached hydrogens (tertiary/aromatic N) is 5. The lowest BCUT2D eigenvalue weighted by Gasteiger charge is -2.19. The van der Waals surface area contributed by atoms with Crippen molar-refractivity contribution in [3.63, 3.8) is 0 Å². The van der Waals surface area contributed by atoms with Gasteiger partial charge >= 0.3 is 0 Å². The third-order valence-corrected chi connectivity index (χ3v) is 6.86. The van der Waals surface area contributed by atoms with Crippen molar-refractivity contribution in [2.75, 3.05) is 13.1 Å². The molecular formula is C20H24N6O3S. The van der Waals surface area contributed by atoms with E-state index < -0.39 is 10.0 Å². The van der Waals surface area contributed by atoms with Crippen LogP contribution >= 0.6 is 0 Å². The highest BCUT2D eigenvalue weighted by Crippen LogP contribution is 2.20. The van der Waals surface area contributed by atoms with Gasteiger partial charge < -0.3 is 5.32 Å². The lowest BCUT2D eigenvalue weighted by atomic mass is 10.1. The van der Waals surface area contributed by atoms with Crippen LogP contribution in [-0.4, -0.2) is 51.9 Å². The smallest absolute Gasteiger partial charge is 0.251 e. The predicted molar refractivity (Wildman–Crippen MR) is 112 cm³/mol. The average Bonchev–Trinajstić information content (AvgIpc) is 3.29. The minimum Gasteiger partial charge on any atom is -0.346 e. The molecule has 158 valence electrons. The second kappa shape index (κ2) is 9.14. The zero-order valence-electron chi connectivity index (χ0n) is 17.1. The molecule has 0 aliphatic carbocycles. The molecule has 0 aliphatic heterocycles. The molecular weight excluding hydrogens is 404 g/mol. The van der Waals surface area contributed by atoms with Crippen LogP contribution in [0.3, 0.4) is 0 Å². The van der Waals surface area contributed by atoms with Crippen LogP contribution in [0.15, 0.2) is 59.8 Å². The van der Waals surface area contributed by atoms with Crippen LogP contribution in [0.4, 0.5) is 0 Å². The Bertz CT molecular complexity index is 1090. The van der Waals surface area contributed by atoms with Gasteiger partial charge in [0.05, 0.1) is 16.6 Å². The third kappa shape index (κ3) is 4.55. The Morgan fingerprint density at radius 2 is 1.83 bits per heavy atom. The van der Waals surface area contributed by atoms with Crippen molar-refractivity contribution in [1.29, 1.82) is 0 Å². The Hall–Kier alpha value is -3.11. The number of aromatic nitrogens is 4. The molecule has 0 bridgehead atoms. The van der Waals surface area contributed by atoms with E-state index in [0.29, 0.717) is 24.3 Å². The highest BCUT2D eigenvalue weighted by Gasteiger charge is 2.21. The molecule has 0 radical (unpaired) electrons. The summed E-state index contributed by atoms with van der Waals surface area (Å²) >= 11 is 0. The van der Waals surface area contributed by atoms with Crippen LogP contribution in [-0.2, 0) is 10.0 Å². The summed E-state index contributed by atoms with van der Waals surface area (Å²) in [6.07, 6.45) is 1.45. The normalized spacial score (nSPS) is 12.7. The molecule has 3 rings (SSSR count). The van der Waals surface area contributed by atoms with Gasteiger partial charge in [0.1, 0.15) is 6.33 Å². The number of tetrazole rings is 1. The van der Waals surface area contributed by atoms with Gasteiger partial charge in [0, 0.05) is 18.7 Å². The maximum Gasteiger partial charge on any atom is 0.251 e.